The number of nitrogens with zero attached hydrogens (tertiary/aromatic N) is 1. The highest BCUT2D eigenvalue weighted by atomic mass is 19.1. The molecule has 1 heterocycles. The first-order chi connectivity index (χ1) is 14.9. The molecule has 7 heteroatoms. The van der Waals surface area contributed by atoms with Gasteiger partial charge in [-0.2, -0.15) is 0 Å². The fraction of sp³-hybridized carbons (Fsp3) is 0.542. The van der Waals surface area contributed by atoms with Crippen LogP contribution in [0.15, 0.2) is 42.7 Å². The van der Waals surface area contributed by atoms with E-state index in [0.717, 1.165) is 24.8 Å². The van der Waals surface area contributed by atoms with Crippen molar-refractivity contribution < 1.29 is 14.0 Å². The van der Waals surface area contributed by atoms with Crippen molar-refractivity contribution >= 4 is 11.8 Å². The number of aryl methyl sites for hydroxylation is 1. The minimum absolute atomic E-state index is 0.0172. The molecule has 1 fully saturated rings. The summed E-state index contributed by atoms with van der Waals surface area (Å²) in [6.07, 6.45) is 3.15. The van der Waals surface area contributed by atoms with Crippen LogP contribution in [-0.4, -0.2) is 61.1 Å². The zero-order valence-electron chi connectivity index (χ0n) is 18.4. The third kappa shape index (κ3) is 5.62. The van der Waals surface area contributed by atoms with Crippen molar-refractivity contribution in [3.8, 4) is 0 Å². The molecule has 1 aromatic rings. The van der Waals surface area contributed by atoms with Crippen molar-refractivity contribution in [1.29, 1.82) is 0 Å². The van der Waals surface area contributed by atoms with E-state index < -0.39 is 18.3 Å². The molecule has 5 atom stereocenters. The molecule has 0 bridgehead atoms. The van der Waals surface area contributed by atoms with E-state index in [4.69, 9.17) is 0 Å². The molecule has 1 aliphatic heterocycles. The summed E-state index contributed by atoms with van der Waals surface area (Å²) in [6.45, 7) is 6.00. The minimum Gasteiger partial charge on any atom is -0.347 e. The number of alkyl halides is 1. The van der Waals surface area contributed by atoms with Gasteiger partial charge in [0.15, 0.2) is 0 Å². The molecule has 1 aliphatic carbocycles. The molecule has 5 unspecified atom stereocenters. The molecule has 1 saturated heterocycles. The smallest absolute Gasteiger partial charge is 0.245 e. The van der Waals surface area contributed by atoms with Gasteiger partial charge in [0.2, 0.25) is 11.8 Å². The zero-order chi connectivity index (χ0) is 22.4. The van der Waals surface area contributed by atoms with Crippen LogP contribution in [0.1, 0.15) is 43.4 Å². The van der Waals surface area contributed by atoms with Crippen LogP contribution in [0.4, 0.5) is 4.39 Å². The zero-order valence-corrected chi connectivity index (χ0v) is 18.4. The molecule has 0 radical (unpaired) electrons. The molecule has 6 nitrogen and oxygen atoms in total. The molecule has 0 spiro atoms. The Morgan fingerprint density at radius 3 is 2.90 bits per heavy atom. The van der Waals surface area contributed by atoms with Crippen molar-refractivity contribution in [2.45, 2.75) is 62.9 Å². The number of hydrogen-bond acceptors (Lipinski definition) is 4. The largest absolute Gasteiger partial charge is 0.347 e. The lowest BCUT2D eigenvalue weighted by atomic mass is 9.87. The van der Waals surface area contributed by atoms with Crippen LogP contribution in [0, 0.1) is 0 Å². The van der Waals surface area contributed by atoms with Gasteiger partial charge < -0.3 is 20.9 Å². The number of halogens is 1. The number of carbonyl (C=O) groups excluding carboxylic acids is 2. The third-order valence-corrected chi connectivity index (χ3v) is 6.21. The second kappa shape index (κ2) is 10.7. The standard InChI is InChI=1S/C24H33FN4O2/c1-4-8-21(27-14-16(2)26-3)24(31)29-15-18(25)13-22(29)23(30)28-20-12-7-10-17-9-5-6-11-19(17)20/h5-6,8-9,11,16,18,20-22,26-27H,1,7,10,12-15H2,2-3H3,(H,28,30). The SMILES string of the molecule is C=C=CC(NCC(C)NC)C(=O)N1CC(F)CC1C(=O)NC1CCCc2ccccc21. The minimum atomic E-state index is -1.22. The van der Waals surface area contributed by atoms with E-state index in [1.807, 2.05) is 32.2 Å². The van der Waals surface area contributed by atoms with Crippen molar-refractivity contribution in [1.82, 2.24) is 20.9 Å². The van der Waals surface area contributed by atoms with Crippen molar-refractivity contribution in [3.63, 3.8) is 0 Å². The molecular formula is C24H33FN4O2. The van der Waals surface area contributed by atoms with Gasteiger partial charge in [-0.15, -0.1) is 5.73 Å². The summed E-state index contributed by atoms with van der Waals surface area (Å²) in [7, 11) is 1.84. The molecule has 0 saturated carbocycles. The van der Waals surface area contributed by atoms with Gasteiger partial charge in [-0.05, 0) is 50.4 Å². The highest BCUT2D eigenvalue weighted by Crippen LogP contribution is 2.30. The van der Waals surface area contributed by atoms with E-state index in [9.17, 15) is 14.0 Å². The highest BCUT2D eigenvalue weighted by molar-refractivity contribution is 5.91. The monoisotopic (exact) mass is 428 g/mol. The van der Waals surface area contributed by atoms with E-state index >= 15 is 0 Å². The normalized spacial score (nSPS) is 24.6. The summed E-state index contributed by atoms with van der Waals surface area (Å²) in [6, 6.07) is 6.61. The fourth-order valence-corrected chi connectivity index (χ4v) is 4.37. The summed E-state index contributed by atoms with van der Waals surface area (Å²) in [5.41, 5.74) is 5.00. The Morgan fingerprint density at radius 1 is 1.39 bits per heavy atom. The van der Waals surface area contributed by atoms with E-state index in [-0.39, 0.29) is 36.9 Å². The maximum absolute atomic E-state index is 14.3. The van der Waals surface area contributed by atoms with Crippen LogP contribution in [-0.2, 0) is 16.0 Å². The van der Waals surface area contributed by atoms with Crippen LogP contribution in [0.3, 0.4) is 0 Å². The number of nitrogens with one attached hydrogen (secondary N) is 3. The van der Waals surface area contributed by atoms with Gasteiger partial charge in [-0.1, -0.05) is 30.8 Å². The quantitative estimate of drug-likeness (QED) is 0.554. The number of likely N-dealkylation sites (tertiary alicyclic amines) is 1. The molecule has 0 aromatic heterocycles. The van der Waals surface area contributed by atoms with E-state index in [1.54, 1.807) is 0 Å². The van der Waals surface area contributed by atoms with Crippen molar-refractivity contribution in [2.24, 2.45) is 0 Å². The molecule has 3 rings (SSSR count). The van der Waals surface area contributed by atoms with Crippen LogP contribution in [0.5, 0.6) is 0 Å². The Hall–Kier alpha value is -2.47. The van der Waals surface area contributed by atoms with Gasteiger partial charge in [0.05, 0.1) is 12.6 Å². The maximum atomic E-state index is 14.3. The first-order valence-corrected chi connectivity index (χ1v) is 11.0. The highest BCUT2D eigenvalue weighted by Gasteiger charge is 2.42. The van der Waals surface area contributed by atoms with Gasteiger partial charge in [-0.3, -0.25) is 9.59 Å². The Balaban J connectivity index is 1.72. The lowest BCUT2D eigenvalue weighted by Crippen LogP contribution is -2.53. The van der Waals surface area contributed by atoms with Crippen LogP contribution in [0.2, 0.25) is 0 Å². The Morgan fingerprint density at radius 2 is 2.16 bits per heavy atom. The summed E-state index contributed by atoms with van der Waals surface area (Å²) >= 11 is 0. The van der Waals surface area contributed by atoms with Crippen LogP contribution >= 0.6 is 0 Å². The molecule has 1 aromatic carbocycles. The predicted molar refractivity (Wildman–Crippen MR) is 119 cm³/mol. The average molecular weight is 429 g/mol. The van der Waals surface area contributed by atoms with Gasteiger partial charge in [0.25, 0.3) is 0 Å². The molecule has 168 valence electrons. The lowest BCUT2D eigenvalue weighted by Gasteiger charge is -2.31. The molecular weight excluding hydrogens is 395 g/mol. The molecule has 2 aliphatic rings. The van der Waals surface area contributed by atoms with Gasteiger partial charge >= 0.3 is 0 Å². The van der Waals surface area contributed by atoms with Gasteiger partial charge in [0.1, 0.15) is 18.3 Å². The average Bonchev–Trinajstić information content (AvgIpc) is 3.18. The second-order valence-electron chi connectivity index (χ2n) is 8.44. The van der Waals surface area contributed by atoms with E-state index in [1.165, 1.54) is 16.5 Å². The molecule has 2 amide bonds. The van der Waals surface area contributed by atoms with Gasteiger partial charge in [-0.25, -0.2) is 4.39 Å². The van der Waals surface area contributed by atoms with Crippen molar-refractivity contribution in [2.75, 3.05) is 20.1 Å². The number of benzene rings is 1. The number of fused-ring (bicyclic) bond motifs is 1. The molecule has 3 N–H and O–H groups in total. The Kier molecular flexibility index (Phi) is 8.02. The lowest BCUT2D eigenvalue weighted by molar-refractivity contribution is -0.139. The maximum Gasteiger partial charge on any atom is 0.245 e. The first-order valence-electron chi connectivity index (χ1n) is 11.0. The number of amides is 2. The number of hydrogen-bond donors (Lipinski definition) is 3. The van der Waals surface area contributed by atoms with E-state index in [0.29, 0.717) is 6.54 Å². The Labute approximate surface area is 184 Å². The Bertz CT molecular complexity index is 839. The summed E-state index contributed by atoms with van der Waals surface area (Å²) in [5.74, 6) is -0.621. The van der Waals surface area contributed by atoms with Gasteiger partial charge in [0, 0.05) is 19.0 Å². The number of rotatable bonds is 8. The topological polar surface area (TPSA) is 73.5 Å². The van der Waals surface area contributed by atoms with Crippen molar-refractivity contribution in [3.05, 3.63) is 53.8 Å². The first kappa shape index (κ1) is 23.2. The summed E-state index contributed by atoms with van der Waals surface area (Å²) in [5, 5.41) is 9.33. The summed E-state index contributed by atoms with van der Waals surface area (Å²) < 4.78 is 14.3. The summed E-state index contributed by atoms with van der Waals surface area (Å²) in [4.78, 5) is 27.7. The molecule has 31 heavy (non-hydrogen) atoms. The third-order valence-electron chi connectivity index (χ3n) is 6.21. The number of likely N-dealkylation sites (N-methyl/N-ethyl adjacent to an activating group) is 1. The number of carbonyl (C=O) groups is 2. The second-order valence-corrected chi connectivity index (χ2v) is 8.44. The van der Waals surface area contributed by atoms with E-state index in [2.05, 4.69) is 34.3 Å². The van der Waals surface area contributed by atoms with Crippen LogP contribution < -0.4 is 16.0 Å². The fourth-order valence-electron chi connectivity index (χ4n) is 4.37. The van der Waals surface area contributed by atoms with Crippen LogP contribution in [0.25, 0.3) is 0 Å². The predicted octanol–water partition coefficient (Wildman–Crippen LogP) is 2.03.